The standard InChI is InChI=1S/C23H19N3O4/c1-13-21-17(22(28)19-11-14-5-3-4-6-18(14)30-19)12-20(27)24-23(21)26(25-13)15-7-9-16(29-2)10-8-15/h3-11,17H,12H2,1-2H3,(H,24,27). The summed E-state index contributed by atoms with van der Waals surface area (Å²) in [7, 11) is 1.60. The lowest BCUT2D eigenvalue weighted by Crippen LogP contribution is -2.28. The van der Waals surface area contributed by atoms with E-state index in [-0.39, 0.29) is 23.9 Å². The lowest BCUT2D eigenvalue weighted by atomic mass is 9.87. The Morgan fingerprint density at radius 1 is 1.20 bits per heavy atom. The smallest absolute Gasteiger partial charge is 0.226 e. The first-order valence-electron chi connectivity index (χ1n) is 9.61. The molecule has 7 nitrogen and oxygen atoms in total. The fourth-order valence-corrected chi connectivity index (χ4v) is 3.96. The highest BCUT2D eigenvalue weighted by Gasteiger charge is 2.37. The van der Waals surface area contributed by atoms with Crippen molar-refractivity contribution < 1.29 is 18.7 Å². The van der Waals surface area contributed by atoms with Gasteiger partial charge in [0.1, 0.15) is 17.2 Å². The van der Waals surface area contributed by atoms with Gasteiger partial charge in [-0.1, -0.05) is 18.2 Å². The fourth-order valence-electron chi connectivity index (χ4n) is 3.96. The number of carbonyl (C=O) groups is 2. The number of nitrogens with one attached hydrogen (secondary N) is 1. The zero-order chi connectivity index (χ0) is 20.8. The number of aryl methyl sites for hydroxylation is 1. The van der Waals surface area contributed by atoms with Crippen LogP contribution in [0.3, 0.4) is 0 Å². The molecule has 0 saturated heterocycles. The van der Waals surface area contributed by atoms with Crippen molar-refractivity contribution in [3.63, 3.8) is 0 Å². The second-order valence-corrected chi connectivity index (χ2v) is 7.28. The summed E-state index contributed by atoms with van der Waals surface area (Å²) in [5.74, 6) is 0.382. The van der Waals surface area contributed by atoms with Crippen LogP contribution in [-0.2, 0) is 4.79 Å². The normalized spacial score (nSPS) is 15.7. The van der Waals surface area contributed by atoms with Gasteiger partial charge in [0.05, 0.1) is 24.4 Å². The number of furan rings is 1. The number of nitrogens with zero attached hydrogens (tertiary/aromatic N) is 2. The van der Waals surface area contributed by atoms with Crippen molar-refractivity contribution in [2.24, 2.45) is 0 Å². The summed E-state index contributed by atoms with van der Waals surface area (Å²) >= 11 is 0. The zero-order valence-corrected chi connectivity index (χ0v) is 16.5. The van der Waals surface area contributed by atoms with Gasteiger partial charge in [-0.15, -0.1) is 0 Å². The Balaban J connectivity index is 1.58. The molecular weight excluding hydrogens is 382 g/mol. The van der Waals surface area contributed by atoms with Crippen LogP contribution in [0.25, 0.3) is 16.7 Å². The van der Waals surface area contributed by atoms with Crippen LogP contribution in [0, 0.1) is 6.92 Å². The molecule has 30 heavy (non-hydrogen) atoms. The molecule has 0 spiro atoms. The summed E-state index contributed by atoms with van der Waals surface area (Å²) in [6, 6.07) is 16.5. The maximum atomic E-state index is 13.3. The molecular formula is C23H19N3O4. The van der Waals surface area contributed by atoms with E-state index in [4.69, 9.17) is 9.15 Å². The number of aromatic nitrogens is 2. The molecule has 0 saturated carbocycles. The fraction of sp³-hybridized carbons (Fsp3) is 0.174. The van der Waals surface area contributed by atoms with Crippen LogP contribution in [-0.4, -0.2) is 28.6 Å². The molecule has 0 fully saturated rings. The second kappa shape index (κ2) is 6.88. The molecule has 4 aromatic rings. The van der Waals surface area contributed by atoms with Crippen LogP contribution in [0.15, 0.2) is 59.0 Å². The number of methoxy groups -OCH3 is 1. The van der Waals surface area contributed by atoms with Crippen LogP contribution < -0.4 is 10.1 Å². The average Bonchev–Trinajstić information content (AvgIpc) is 3.34. The van der Waals surface area contributed by atoms with E-state index < -0.39 is 5.92 Å². The van der Waals surface area contributed by atoms with Gasteiger partial charge in [-0.2, -0.15) is 5.10 Å². The van der Waals surface area contributed by atoms with E-state index in [0.717, 1.165) is 22.4 Å². The third-order valence-electron chi connectivity index (χ3n) is 5.40. The van der Waals surface area contributed by atoms with Crippen molar-refractivity contribution in [3.05, 3.63) is 71.6 Å². The molecule has 0 radical (unpaired) electrons. The van der Waals surface area contributed by atoms with E-state index in [1.807, 2.05) is 55.5 Å². The summed E-state index contributed by atoms with van der Waals surface area (Å²) in [6.07, 6.45) is 0.0536. The number of fused-ring (bicyclic) bond motifs is 2. The number of ether oxygens (including phenoxy) is 1. The highest BCUT2D eigenvalue weighted by atomic mass is 16.5. The Hall–Kier alpha value is -3.87. The summed E-state index contributed by atoms with van der Waals surface area (Å²) in [4.78, 5) is 25.8. The second-order valence-electron chi connectivity index (χ2n) is 7.28. The van der Waals surface area contributed by atoms with E-state index in [2.05, 4.69) is 10.4 Å². The molecule has 5 rings (SSSR count). The Bertz CT molecular complexity index is 1250. The number of anilines is 1. The van der Waals surface area contributed by atoms with Crippen LogP contribution in [0.1, 0.15) is 34.2 Å². The quantitative estimate of drug-likeness (QED) is 0.517. The van der Waals surface area contributed by atoms with Crippen molar-refractivity contribution in [1.29, 1.82) is 0 Å². The highest BCUT2D eigenvalue weighted by molar-refractivity contribution is 6.08. The molecule has 1 N–H and O–H groups in total. The molecule has 7 heteroatoms. The van der Waals surface area contributed by atoms with Crippen molar-refractivity contribution in [2.45, 2.75) is 19.3 Å². The van der Waals surface area contributed by atoms with Gasteiger partial charge < -0.3 is 14.5 Å². The van der Waals surface area contributed by atoms with Gasteiger partial charge in [-0.05, 0) is 43.3 Å². The van der Waals surface area contributed by atoms with Crippen molar-refractivity contribution in [3.8, 4) is 11.4 Å². The van der Waals surface area contributed by atoms with Crippen LogP contribution in [0.5, 0.6) is 5.75 Å². The Labute approximate surface area is 172 Å². The minimum Gasteiger partial charge on any atom is -0.497 e. The lowest BCUT2D eigenvalue weighted by Gasteiger charge is -2.22. The molecule has 3 heterocycles. The van der Waals surface area contributed by atoms with Crippen molar-refractivity contribution >= 4 is 28.5 Å². The highest BCUT2D eigenvalue weighted by Crippen LogP contribution is 2.39. The number of hydrogen-bond donors (Lipinski definition) is 1. The van der Waals surface area contributed by atoms with Gasteiger partial charge in [0.2, 0.25) is 11.7 Å². The number of rotatable bonds is 4. The van der Waals surface area contributed by atoms with Gasteiger partial charge in [0.25, 0.3) is 0 Å². The van der Waals surface area contributed by atoms with E-state index in [9.17, 15) is 9.59 Å². The van der Waals surface area contributed by atoms with E-state index >= 15 is 0 Å². The molecule has 1 unspecified atom stereocenters. The summed E-state index contributed by atoms with van der Waals surface area (Å²) in [6.45, 7) is 1.84. The Morgan fingerprint density at radius 2 is 1.97 bits per heavy atom. The monoisotopic (exact) mass is 401 g/mol. The van der Waals surface area contributed by atoms with Crippen LogP contribution >= 0.6 is 0 Å². The number of amides is 1. The number of para-hydroxylation sites is 1. The molecule has 2 aromatic heterocycles. The molecule has 150 valence electrons. The summed E-state index contributed by atoms with van der Waals surface area (Å²) in [5.41, 5.74) is 2.82. The molecule has 1 atom stereocenters. The van der Waals surface area contributed by atoms with E-state index in [0.29, 0.717) is 17.1 Å². The van der Waals surface area contributed by atoms with Crippen molar-refractivity contribution in [1.82, 2.24) is 9.78 Å². The van der Waals surface area contributed by atoms with Gasteiger partial charge in [-0.25, -0.2) is 4.68 Å². The molecule has 0 bridgehead atoms. The van der Waals surface area contributed by atoms with Gasteiger partial charge in [0.15, 0.2) is 5.76 Å². The predicted octanol–water partition coefficient (Wildman–Crippen LogP) is 4.24. The molecule has 1 aliphatic heterocycles. The topological polar surface area (TPSA) is 86.4 Å². The van der Waals surface area contributed by atoms with Crippen LogP contribution in [0.2, 0.25) is 0 Å². The van der Waals surface area contributed by atoms with Crippen molar-refractivity contribution in [2.75, 3.05) is 12.4 Å². The third-order valence-corrected chi connectivity index (χ3v) is 5.40. The van der Waals surface area contributed by atoms with Gasteiger partial charge in [-0.3, -0.25) is 9.59 Å². The van der Waals surface area contributed by atoms with Crippen LogP contribution in [0.4, 0.5) is 5.82 Å². The summed E-state index contributed by atoms with van der Waals surface area (Å²) < 4.78 is 12.6. The maximum Gasteiger partial charge on any atom is 0.226 e. The first-order chi connectivity index (χ1) is 14.5. The van der Waals surface area contributed by atoms with Gasteiger partial charge in [0, 0.05) is 17.4 Å². The molecule has 2 aromatic carbocycles. The number of Topliss-reactive ketones (excluding diaryl/α,β-unsaturated/α-hetero) is 1. The Morgan fingerprint density at radius 3 is 2.70 bits per heavy atom. The minimum atomic E-state index is -0.652. The molecule has 0 aliphatic carbocycles. The minimum absolute atomic E-state index is 0.0536. The average molecular weight is 401 g/mol. The first-order valence-corrected chi connectivity index (χ1v) is 9.61. The zero-order valence-electron chi connectivity index (χ0n) is 16.5. The van der Waals surface area contributed by atoms with Gasteiger partial charge >= 0.3 is 0 Å². The van der Waals surface area contributed by atoms with E-state index in [1.54, 1.807) is 17.9 Å². The maximum absolute atomic E-state index is 13.3. The molecule has 1 aliphatic rings. The predicted molar refractivity (Wildman–Crippen MR) is 111 cm³/mol. The third kappa shape index (κ3) is 2.86. The largest absolute Gasteiger partial charge is 0.497 e. The molecule has 1 amide bonds. The first kappa shape index (κ1) is 18.2. The number of ketones is 1. The SMILES string of the molecule is COc1ccc(-n2nc(C)c3c2NC(=O)CC3C(=O)c2cc3ccccc3o2)cc1. The Kier molecular flexibility index (Phi) is 4.17. The number of benzene rings is 2. The lowest BCUT2D eigenvalue weighted by molar-refractivity contribution is -0.116. The number of hydrogen-bond acceptors (Lipinski definition) is 5. The number of carbonyl (C=O) groups excluding carboxylic acids is 2. The van der Waals surface area contributed by atoms with E-state index in [1.165, 1.54) is 0 Å². The summed E-state index contributed by atoms with van der Waals surface area (Å²) in [5, 5.41) is 8.34.